The van der Waals surface area contributed by atoms with Crippen LogP contribution in [0.2, 0.25) is 10.0 Å². The molecule has 2 amide bonds. The molecule has 1 atom stereocenters. The van der Waals surface area contributed by atoms with Crippen LogP contribution in [0, 0.1) is 0 Å². The maximum absolute atomic E-state index is 12.9. The minimum atomic E-state index is -0.549. The van der Waals surface area contributed by atoms with Gasteiger partial charge in [0.25, 0.3) is 0 Å². The highest BCUT2D eigenvalue weighted by Crippen LogP contribution is 2.33. The maximum Gasteiger partial charge on any atom is 0.240 e. The van der Waals surface area contributed by atoms with Crippen molar-refractivity contribution in [2.45, 2.75) is 44.7 Å². The van der Waals surface area contributed by atoms with Crippen molar-refractivity contribution in [2.24, 2.45) is 5.73 Å². The monoisotopic (exact) mass is 502 g/mol. The van der Waals surface area contributed by atoms with Crippen LogP contribution in [0.1, 0.15) is 36.8 Å². The van der Waals surface area contributed by atoms with Crippen molar-refractivity contribution in [3.8, 4) is 0 Å². The number of anilines is 1. The molecule has 2 heterocycles. The predicted octanol–water partition coefficient (Wildman–Crippen LogP) is 4.11. The van der Waals surface area contributed by atoms with Gasteiger partial charge in [0.05, 0.1) is 15.7 Å². The van der Waals surface area contributed by atoms with E-state index in [1.807, 2.05) is 42.5 Å². The van der Waals surface area contributed by atoms with Crippen LogP contribution in [0.25, 0.3) is 0 Å². The van der Waals surface area contributed by atoms with Gasteiger partial charge in [0.2, 0.25) is 11.8 Å². The van der Waals surface area contributed by atoms with E-state index in [1.165, 1.54) is 0 Å². The Labute approximate surface area is 211 Å². The van der Waals surface area contributed by atoms with Crippen LogP contribution in [0.4, 0.5) is 5.69 Å². The first-order valence-electron chi connectivity index (χ1n) is 12.0. The van der Waals surface area contributed by atoms with Gasteiger partial charge in [0.15, 0.2) is 0 Å². The summed E-state index contributed by atoms with van der Waals surface area (Å²) in [5.74, 6) is -0.411. The first-order valence-corrected chi connectivity index (χ1v) is 12.8. The number of piperazine rings is 1. The van der Waals surface area contributed by atoms with Gasteiger partial charge in [-0.15, -0.1) is 0 Å². The number of nitrogens with two attached hydrogens (primary N) is 1. The van der Waals surface area contributed by atoms with Gasteiger partial charge in [-0.1, -0.05) is 60.0 Å². The topological polar surface area (TPSA) is 69.9 Å². The van der Waals surface area contributed by atoms with Crippen molar-refractivity contribution in [3.05, 3.63) is 63.6 Å². The number of hydrogen-bond donors (Lipinski definition) is 1. The fourth-order valence-electron chi connectivity index (χ4n) is 4.92. The third-order valence-corrected chi connectivity index (χ3v) is 7.72. The Balaban J connectivity index is 1.18. The van der Waals surface area contributed by atoms with Gasteiger partial charge in [-0.3, -0.25) is 14.5 Å². The van der Waals surface area contributed by atoms with Gasteiger partial charge >= 0.3 is 0 Å². The second kappa shape index (κ2) is 11.4. The molecule has 0 spiro atoms. The average molecular weight is 503 g/mol. The van der Waals surface area contributed by atoms with Crippen LogP contribution in [-0.4, -0.2) is 60.4 Å². The smallest absolute Gasteiger partial charge is 0.240 e. The molecule has 0 aromatic heterocycles. The van der Waals surface area contributed by atoms with Gasteiger partial charge in [-0.25, -0.2) is 0 Å². The molecular weight excluding hydrogens is 471 g/mol. The number of benzene rings is 2. The number of rotatable bonds is 8. The Morgan fingerprint density at radius 2 is 1.65 bits per heavy atom. The predicted molar refractivity (Wildman–Crippen MR) is 137 cm³/mol. The lowest BCUT2D eigenvalue weighted by atomic mass is 9.93. The molecule has 0 radical (unpaired) electrons. The molecule has 1 saturated heterocycles. The standard InChI is InChI=1S/C26H32Cl2N4O2/c27-21-9-6-10-22(25(21)28)31-15-13-30(14-16-31)12-5-1-2-11-24(33)32-18-20-8-4-3-7-19(20)17-23(32)26(29)34/h3-4,6-10,23H,1-2,5,11-18H2,(H2,29,34)/t23-/m0/s1. The molecule has 0 aliphatic carbocycles. The van der Waals surface area contributed by atoms with Crippen LogP contribution >= 0.6 is 23.2 Å². The summed E-state index contributed by atoms with van der Waals surface area (Å²) in [7, 11) is 0. The van der Waals surface area contributed by atoms with E-state index in [4.69, 9.17) is 28.9 Å². The molecule has 1 fully saturated rings. The maximum atomic E-state index is 12.9. The zero-order valence-corrected chi connectivity index (χ0v) is 20.9. The number of carbonyl (C=O) groups excluding carboxylic acids is 2. The van der Waals surface area contributed by atoms with Gasteiger partial charge in [0, 0.05) is 45.6 Å². The lowest BCUT2D eigenvalue weighted by molar-refractivity contribution is -0.140. The van der Waals surface area contributed by atoms with E-state index < -0.39 is 11.9 Å². The van der Waals surface area contributed by atoms with E-state index in [1.54, 1.807) is 4.90 Å². The number of unbranched alkanes of at least 4 members (excludes halogenated alkanes) is 2. The molecule has 0 saturated carbocycles. The Kier molecular flexibility index (Phi) is 8.35. The van der Waals surface area contributed by atoms with Crippen molar-refractivity contribution in [1.29, 1.82) is 0 Å². The zero-order valence-electron chi connectivity index (χ0n) is 19.4. The van der Waals surface area contributed by atoms with Gasteiger partial charge in [-0.05, 0) is 42.6 Å². The molecule has 2 aromatic rings. The summed E-state index contributed by atoms with van der Waals surface area (Å²) in [5, 5.41) is 1.21. The average Bonchev–Trinajstić information content (AvgIpc) is 2.85. The molecule has 182 valence electrons. The fourth-order valence-corrected chi connectivity index (χ4v) is 5.34. The molecule has 0 unspecified atom stereocenters. The molecular formula is C26H32Cl2N4O2. The Morgan fingerprint density at radius 1 is 0.912 bits per heavy atom. The number of halogens is 2. The van der Waals surface area contributed by atoms with Crippen LogP contribution in [0.15, 0.2) is 42.5 Å². The molecule has 8 heteroatoms. The molecule has 34 heavy (non-hydrogen) atoms. The number of amides is 2. The highest BCUT2D eigenvalue weighted by Gasteiger charge is 2.32. The van der Waals surface area contributed by atoms with Crippen molar-refractivity contribution >= 4 is 40.7 Å². The molecule has 2 N–H and O–H groups in total. The lowest BCUT2D eigenvalue weighted by Gasteiger charge is -2.36. The third-order valence-electron chi connectivity index (χ3n) is 6.91. The van der Waals surface area contributed by atoms with Crippen LogP contribution in [0.5, 0.6) is 0 Å². The second-order valence-electron chi connectivity index (χ2n) is 9.12. The molecule has 0 bridgehead atoms. The summed E-state index contributed by atoms with van der Waals surface area (Å²) in [5.41, 5.74) is 8.83. The quantitative estimate of drug-likeness (QED) is 0.551. The minimum Gasteiger partial charge on any atom is -0.368 e. The van der Waals surface area contributed by atoms with Gasteiger partial charge in [0.1, 0.15) is 6.04 Å². The normalized spacial score (nSPS) is 18.6. The Morgan fingerprint density at radius 3 is 2.38 bits per heavy atom. The molecule has 6 nitrogen and oxygen atoms in total. The van der Waals surface area contributed by atoms with E-state index in [0.29, 0.717) is 29.4 Å². The molecule has 2 aromatic carbocycles. The highest BCUT2D eigenvalue weighted by molar-refractivity contribution is 6.43. The SMILES string of the molecule is NC(=O)[C@@H]1Cc2ccccc2CN1C(=O)CCCCCN1CCN(c2cccc(Cl)c2Cl)CC1. The number of primary amides is 1. The second-order valence-corrected chi connectivity index (χ2v) is 9.91. The lowest BCUT2D eigenvalue weighted by Crippen LogP contribution is -2.51. The Bertz CT molecular complexity index is 1020. The van der Waals surface area contributed by atoms with Crippen molar-refractivity contribution in [2.75, 3.05) is 37.6 Å². The summed E-state index contributed by atoms with van der Waals surface area (Å²) in [6.45, 7) is 5.29. The van der Waals surface area contributed by atoms with Gasteiger partial charge in [-0.2, -0.15) is 0 Å². The molecule has 2 aliphatic rings. The van der Waals surface area contributed by atoms with Crippen LogP contribution in [-0.2, 0) is 22.6 Å². The fraction of sp³-hybridized carbons (Fsp3) is 0.462. The largest absolute Gasteiger partial charge is 0.368 e. The van der Waals surface area contributed by atoms with Crippen LogP contribution < -0.4 is 10.6 Å². The van der Waals surface area contributed by atoms with Gasteiger partial charge < -0.3 is 15.5 Å². The first kappa shape index (κ1) is 24.8. The number of fused-ring (bicyclic) bond motifs is 1. The first-order chi connectivity index (χ1) is 16.4. The van der Waals surface area contributed by atoms with E-state index in [2.05, 4.69) is 9.80 Å². The number of carbonyl (C=O) groups is 2. The highest BCUT2D eigenvalue weighted by atomic mass is 35.5. The summed E-state index contributed by atoms with van der Waals surface area (Å²) >= 11 is 12.5. The third kappa shape index (κ3) is 5.85. The minimum absolute atomic E-state index is 0.0188. The summed E-state index contributed by atoms with van der Waals surface area (Å²) in [4.78, 5) is 31.3. The van der Waals surface area contributed by atoms with Crippen molar-refractivity contribution in [3.63, 3.8) is 0 Å². The van der Waals surface area contributed by atoms with E-state index >= 15 is 0 Å². The molecule has 4 rings (SSSR count). The zero-order chi connectivity index (χ0) is 24.1. The summed E-state index contributed by atoms with van der Waals surface area (Å²) in [6.07, 6.45) is 3.81. The Hall–Kier alpha value is -2.28. The van der Waals surface area contributed by atoms with E-state index in [-0.39, 0.29) is 5.91 Å². The summed E-state index contributed by atoms with van der Waals surface area (Å²) in [6, 6.07) is 13.2. The number of hydrogen-bond acceptors (Lipinski definition) is 4. The van der Waals surface area contributed by atoms with Crippen molar-refractivity contribution < 1.29 is 9.59 Å². The van der Waals surface area contributed by atoms with E-state index in [0.717, 1.165) is 68.8 Å². The van der Waals surface area contributed by atoms with Crippen molar-refractivity contribution in [1.82, 2.24) is 9.80 Å². The summed E-state index contributed by atoms with van der Waals surface area (Å²) < 4.78 is 0. The van der Waals surface area contributed by atoms with Crippen LogP contribution in [0.3, 0.4) is 0 Å². The number of nitrogens with zero attached hydrogens (tertiary/aromatic N) is 3. The van der Waals surface area contributed by atoms with E-state index in [9.17, 15) is 9.59 Å². The molecule has 2 aliphatic heterocycles.